The average Bonchev–Trinajstić information content (AvgIpc) is 2.70. The number of rotatable bonds is 10. The van der Waals surface area contributed by atoms with Crippen molar-refractivity contribution in [3.63, 3.8) is 0 Å². The van der Waals surface area contributed by atoms with Gasteiger partial charge >= 0.3 is 0 Å². The lowest BCUT2D eigenvalue weighted by atomic mass is 10.1. The SMILES string of the molecule is COc1ccc(CC(=O)NCCNC(=O)c2ccc(NS(C)(=O)=O)cc2)cc1OC. The second-order valence-electron chi connectivity index (χ2n) is 6.42. The van der Waals surface area contributed by atoms with Crippen LogP contribution in [0.25, 0.3) is 0 Å². The molecule has 0 atom stereocenters. The Bertz CT molecular complexity index is 990. The number of nitrogens with one attached hydrogen (secondary N) is 3. The van der Waals surface area contributed by atoms with Crippen LogP contribution in [0.5, 0.6) is 11.5 Å². The second kappa shape index (κ2) is 10.5. The summed E-state index contributed by atoms with van der Waals surface area (Å²) in [6.45, 7) is 0.519. The van der Waals surface area contributed by atoms with Crippen molar-refractivity contribution in [1.29, 1.82) is 0 Å². The number of benzene rings is 2. The highest BCUT2D eigenvalue weighted by atomic mass is 32.2. The van der Waals surface area contributed by atoms with Crippen LogP contribution in [0.15, 0.2) is 42.5 Å². The number of hydrogen-bond acceptors (Lipinski definition) is 6. The molecule has 0 aromatic heterocycles. The molecule has 0 unspecified atom stereocenters. The molecule has 9 nitrogen and oxygen atoms in total. The van der Waals surface area contributed by atoms with Crippen LogP contribution in [-0.2, 0) is 21.2 Å². The first-order chi connectivity index (χ1) is 14.2. The van der Waals surface area contributed by atoms with Gasteiger partial charge in [-0.05, 0) is 42.0 Å². The minimum absolute atomic E-state index is 0.170. The Labute approximate surface area is 175 Å². The zero-order valence-electron chi connectivity index (χ0n) is 17.0. The summed E-state index contributed by atoms with van der Waals surface area (Å²) in [7, 11) is -0.301. The van der Waals surface area contributed by atoms with Gasteiger partial charge in [-0.15, -0.1) is 0 Å². The standard InChI is InChI=1S/C20H25N3O6S/c1-28-17-9-4-14(12-18(17)29-2)13-19(24)21-10-11-22-20(25)15-5-7-16(8-6-15)23-30(3,26)27/h4-9,12,23H,10-11,13H2,1-3H3,(H,21,24)(H,22,25). The van der Waals surface area contributed by atoms with Gasteiger partial charge in [0.25, 0.3) is 5.91 Å². The monoisotopic (exact) mass is 435 g/mol. The molecule has 0 aliphatic heterocycles. The molecule has 2 aromatic rings. The van der Waals surface area contributed by atoms with E-state index in [0.717, 1.165) is 11.8 Å². The van der Waals surface area contributed by atoms with Gasteiger partial charge < -0.3 is 20.1 Å². The number of anilines is 1. The van der Waals surface area contributed by atoms with Gasteiger partial charge in [0.1, 0.15) is 0 Å². The van der Waals surface area contributed by atoms with E-state index >= 15 is 0 Å². The lowest BCUT2D eigenvalue weighted by Crippen LogP contribution is -2.35. The maximum atomic E-state index is 12.1. The highest BCUT2D eigenvalue weighted by molar-refractivity contribution is 7.92. The molecule has 0 bridgehead atoms. The van der Waals surface area contributed by atoms with Gasteiger partial charge in [0, 0.05) is 24.3 Å². The lowest BCUT2D eigenvalue weighted by Gasteiger charge is -2.10. The van der Waals surface area contributed by atoms with E-state index in [-0.39, 0.29) is 31.3 Å². The quantitative estimate of drug-likeness (QED) is 0.482. The fourth-order valence-electron chi connectivity index (χ4n) is 2.62. The molecule has 0 saturated carbocycles. The normalized spacial score (nSPS) is 10.8. The molecule has 2 aromatic carbocycles. The summed E-state index contributed by atoms with van der Waals surface area (Å²) in [4.78, 5) is 24.2. The molecule has 10 heteroatoms. The molecule has 3 N–H and O–H groups in total. The van der Waals surface area contributed by atoms with Crippen molar-refractivity contribution in [3.05, 3.63) is 53.6 Å². The molecule has 0 radical (unpaired) electrons. The Morgan fingerprint density at radius 3 is 2.13 bits per heavy atom. The summed E-state index contributed by atoms with van der Waals surface area (Å²) in [6.07, 6.45) is 1.22. The zero-order chi connectivity index (χ0) is 22.1. The largest absolute Gasteiger partial charge is 0.493 e. The van der Waals surface area contributed by atoms with Crippen molar-refractivity contribution in [2.24, 2.45) is 0 Å². The van der Waals surface area contributed by atoms with Crippen LogP contribution >= 0.6 is 0 Å². The van der Waals surface area contributed by atoms with Crippen molar-refractivity contribution in [2.45, 2.75) is 6.42 Å². The smallest absolute Gasteiger partial charge is 0.251 e. The highest BCUT2D eigenvalue weighted by Gasteiger charge is 2.09. The summed E-state index contributed by atoms with van der Waals surface area (Å²) >= 11 is 0. The number of hydrogen-bond donors (Lipinski definition) is 3. The number of sulfonamides is 1. The Hall–Kier alpha value is -3.27. The minimum Gasteiger partial charge on any atom is -0.493 e. The first kappa shape index (κ1) is 23.0. The van der Waals surface area contributed by atoms with Gasteiger partial charge in [0.05, 0.1) is 26.9 Å². The molecule has 2 rings (SSSR count). The number of methoxy groups -OCH3 is 2. The van der Waals surface area contributed by atoms with Crippen molar-refractivity contribution < 1.29 is 27.5 Å². The van der Waals surface area contributed by atoms with Crippen LogP contribution in [0.2, 0.25) is 0 Å². The zero-order valence-corrected chi connectivity index (χ0v) is 17.8. The van der Waals surface area contributed by atoms with Gasteiger partial charge in [0.2, 0.25) is 15.9 Å². The van der Waals surface area contributed by atoms with Crippen molar-refractivity contribution >= 4 is 27.5 Å². The van der Waals surface area contributed by atoms with Crippen LogP contribution in [-0.4, -0.2) is 53.8 Å². The van der Waals surface area contributed by atoms with E-state index in [9.17, 15) is 18.0 Å². The molecule has 0 spiro atoms. The molecular weight excluding hydrogens is 410 g/mol. The van der Waals surface area contributed by atoms with E-state index in [0.29, 0.717) is 22.7 Å². The molecule has 0 aliphatic rings. The van der Waals surface area contributed by atoms with E-state index in [1.807, 2.05) is 0 Å². The Morgan fingerprint density at radius 2 is 1.53 bits per heavy atom. The Morgan fingerprint density at radius 1 is 0.900 bits per heavy atom. The number of carbonyl (C=O) groups is 2. The van der Waals surface area contributed by atoms with E-state index in [4.69, 9.17) is 9.47 Å². The third kappa shape index (κ3) is 7.28. The van der Waals surface area contributed by atoms with Crippen molar-refractivity contribution in [2.75, 3.05) is 38.3 Å². The summed E-state index contributed by atoms with van der Waals surface area (Å²) in [5.41, 5.74) is 1.53. The van der Waals surface area contributed by atoms with Gasteiger partial charge in [-0.25, -0.2) is 8.42 Å². The van der Waals surface area contributed by atoms with Crippen LogP contribution in [0.3, 0.4) is 0 Å². The number of ether oxygens (including phenoxy) is 2. The lowest BCUT2D eigenvalue weighted by molar-refractivity contribution is -0.120. The molecule has 0 heterocycles. The molecule has 0 fully saturated rings. The molecule has 162 valence electrons. The Balaban J connectivity index is 1.76. The summed E-state index contributed by atoms with van der Waals surface area (Å²) in [5.74, 6) is 0.625. The number of carbonyl (C=O) groups excluding carboxylic acids is 2. The summed E-state index contributed by atoms with van der Waals surface area (Å²) in [6, 6.07) is 11.3. The second-order valence-corrected chi connectivity index (χ2v) is 8.17. The third-order valence-electron chi connectivity index (χ3n) is 4.00. The maximum absolute atomic E-state index is 12.1. The first-order valence-electron chi connectivity index (χ1n) is 9.05. The van der Waals surface area contributed by atoms with Gasteiger partial charge in [0.15, 0.2) is 11.5 Å². The Kier molecular flexibility index (Phi) is 8.05. The van der Waals surface area contributed by atoms with Crippen molar-refractivity contribution in [3.8, 4) is 11.5 Å². The average molecular weight is 436 g/mol. The predicted octanol–water partition coefficient (Wildman–Crippen LogP) is 1.16. The summed E-state index contributed by atoms with van der Waals surface area (Å²) < 4.78 is 35.1. The fraction of sp³-hybridized carbons (Fsp3) is 0.300. The topological polar surface area (TPSA) is 123 Å². The van der Waals surface area contributed by atoms with E-state index in [1.54, 1.807) is 25.3 Å². The van der Waals surface area contributed by atoms with E-state index < -0.39 is 10.0 Å². The molecule has 30 heavy (non-hydrogen) atoms. The molecule has 0 saturated heterocycles. The fourth-order valence-corrected chi connectivity index (χ4v) is 3.19. The highest BCUT2D eigenvalue weighted by Crippen LogP contribution is 2.27. The molecular formula is C20H25N3O6S. The van der Waals surface area contributed by atoms with Gasteiger partial charge in [-0.1, -0.05) is 6.07 Å². The van der Waals surface area contributed by atoms with E-state index in [1.165, 1.54) is 31.4 Å². The first-order valence-corrected chi connectivity index (χ1v) is 10.9. The molecule has 2 amide bonds. The van der Waals surface area contributed by atoms with Crippen LogP contribution in [0.1, 0.15) is 15.9 Å². The maximum Gasteiger partial charge on any atom is 0.251 e. The molecule has 0 aliphatic carbocycles. The third-order valence-corrected chi connectivity index (χ3v) is 4.60. The van der Waals surface area contributed by atoms with Gasteiger partial charge in [-0.3, -0.25) is 14.3 Å². The van der Waals surface area contributed by atoms with Crippen LogP contribution in [0, 0.1) is 0 Å². The summed E-state index contributed by atoms with van der Waals surface area (Å²) in [5, 5.41) is 5.43. The number of amides is 2. The van der Waals surface area contributed by atoms with Crippen LogP contribution < -0.4 is 24.8 Å². The minimum atomic E-state index is -3.37. The van der Waals surface area contributed by atoms with Gasteiger partial charge in [-0.2, -0.15) is 0 Å². The van der Waals surface area contributed by atoms with E-state index in [2.05, 4.69) is 15.4 Å². The van der Waals surface area contributed by atoms with Crippen LogP contribution in [0.4, 0.5) is 5.69 Å². The van der Waals surface area contributed by atoms with Crippen molar-refractivity contribution in [1.82, 2.24) is 10.6 Å². The predicted molar refractivity (Wildman–Crippen MR) is 114 cm³/mol.